The molecule has 4 nitrogen and oxygen atoms in total. The Morgan fingerprint density at radius 1 is 1.10 bits per heavy atom. The number of aromatic hydroxyl groups is 1. The van der Waals surface area contributed by atoms with Gasteiger partial charge in [0.1, 0.15) is 5.75 Å². The van der Waals surface area contributed by atoms with Gasteiger partial charge in [-0.1, -0.05) is 17.7 Å². The lowest BCUT2D eigenvalue weighted by Crippen LogP contribution is -2.31. The summed E-state index contributed by atoms with van der Waals surface area (Å²) < 4.78 is 0. The normalized spacial score (nSPS) is 18.8. The highest BCUT2D eigenvalue weighted by Gasteiger charge is 2.38. The van der Waals surface area contributed by atoms with Gasteiger partial charge in [-0.3, -0.25) is 14.5 Å². The molecule has 1 aliphatic carbocycles. The molecule has 1 heterocycles. The van der Waals surface area contributed by atoms with Crippen molar-refractivity contribution in [3.05, 3.63) is 40.5 Å². The molecule has 0 aromatic heterocycles. The standard InChI is InChI=1S/C16H17NO3/c1-10-6-7-14(18)11(8-10)9-17-15(19)12-4-2-3-5-13(12)16(17)20/h6-8,18H,2-5,9H2,1H3. The van der Waals surface area contributed by atoms with Crippen molar-refractivity contribution < 1.29 is 14.7 Å². The molecule has 1 N–H and O–H groups in total. The molecule has 1 aromatic rings. The van der Waals surface area contributed by atoms with E-state index in [1.807, 2.05) is 13.0 Å². The van der Waals surface area contributed by atoms with Crippen LogP contribution in [0.2, 0.25) is 0 Å². The second-order valence-corrected chi connectivity index (χ2v) is 5.49. The Kier molecular flexibility index (Phi) is 3.08. The number of aryl methyl sites for hydroxylation is 1. The third-order valence-electron chi connectivity index (χ3n) is 4.04. The Morgan fingerprint density at radius 3 is 2.30 bits per heavy atom. The summed E-state index contributed by atoms with van der Waals surface area (Å²) in [4.78, 5) is 25.9. The summed E-state index contributed by atoms with van der Waals surface area (Å²) in [6, 6.07) is 5.21. The summed E-state index contributed by atoms with van der Waals surface area (Å²) in [5.74, 6) is -0.225. The van der Waals surface area contributed by atoms with E-state index in [1.54, 1.807) is 12.1 Å². The van der Waals surface area contributed by atoms with E-state index in [0.29, 0.717) is 29.6 Å². The number of nitrogens with zero attached hydrogens (tertiary/aromatic N) is 1. The number of rotatable bonds is 2. The van der Waals surface area contributed by atoms with Crippen LogP contribution in [0.4, 0.5) is 0 Å². The van der Waals surface area contributed by atoms with Crippen molar-refractivity contribution in [2.45, 2.75) is 39.2 Å². The first kappa shape index (κ1) is 12.9. The molecule has 0 radical (unpaired) electrons. The molecular weight excluding hydrogens is 254 g/mol. The van der Waals surface area contributed by atoms with Gasteiger partial charge >= 0.3 is 0 Å². The van der Waals surface area contributed by atoms with E-state index in [0.717, 1.165) is 18.4 Å². The van der Waals surface area contributed by atoms with Crippen molar-refractivity contribution in [1.29, 1.82) is 0 Å². The zero-order chi connectivity index (χ0) is 14.3. The maximum atomic E-state index is 12.3. The van der Waals surface area contributed by atoms with Gasteiger partial charge in [0.2, 0.25) is 0 Å². The minimum absolute atomic E-state index is 0.126. The molecule has 0 fully saturated rings. The predicted octanol–water partition coefficient (Wildman–Crippen LogP) is 2.44. The topological polar surface area (TPSA) is 57.6 Å². The van der Waals surface area contributed by atoms with Gasteiger partial charge in [0.15, 0.2) is 0 Å². The quantitative estimate of drug-likeness (QED) is 0.840. The first-order chi connectivity index (χ1) is 9.58. The van der Waals surface area contributed by atoms with E-state index >= 15 is 0 Å². The molecule has 0 unspecified atom stereocenters. The molecule has 0 atom stereocenters. The lowest BCUT2D eigenvalue weighted by atomic mass is 9.93. The van der Waals surface area contributed by atoms with Crippen LogP contribution in [0.25, 0.3) is 0 Å². The third kappa shape index (κ3) is 2.01. The number of phenolic OH excluding ortho intramolecular Hbond substituents is 1. The zero-order valence-electron chi connectivity index (χ0n) is 11.5. The first-order valence-electron chi connectivity index (χ1n) is 6.94. The molecule has 1 aliphatic heterocycles. The molecular formula is C16H17NO3. The van der Waals surface area contributed by atoms with Gasteiger partial charge in [0.05, 0.1) is 6.54 Å². The van der Waals surface area contributed by atoms with Gasteiger partial charge in [-0.15, -0.1) is 0 Å². The average molecular weight is 271 g/mol. The molecule has 104 valence electrons. The Bertz CT molecular complexity index is 603. The highest BCUT2D eigenvalue weighted by atomic mass is 16.3. The SMILES string of the molecule is Cc1ccc(O)c(CN2C(=O)C3=C(CCCC3)C2=O)c1. The van der Waals surface area contributed by atoms with Gasteiger partial charge in [0.25, 0.3) is 11.8 Å². The highest BCUT2D eigenvalue weighted by molar-refractivity contribution is 6.19. The molecule has 20 heavy (non-hydrogen) atoms. The zero-order valence-corrected chi connectivity index (χ0v) is 11.5. The van der Waals surface area contributed by atoms with Crippen molar-refractivity contribution in [3.8, 4) is 5.75 Å². The lowest BCUT2D eigenvalue weighted by Gasteiger charge is -2.16. The fourth-order valence-corrected chi connectivity index (χ4v) is 2.95. The Morgan fingerprint density at radius 2 is 1.70 bits per heavy atom. The van der Waals surface area contributed by atoms with Crippen molar-refractivity contribution in [3.63, 3.8) is 0 Å². The van der Waals surface area contributed by atoms with Crippen LogP contribution in [0.1, 0.15) is 36.8 Å². The van der Waals surface area contributed by atoms with E-state index < -0.39 is 0 Å². The van der Waals surface area contributed by atoms with E-state index in [-0.39, 0.29) is 24.1 Å². The first-order valence-corrected chi connectivity index (χ1v) is 6.94. The number of phenols is 1. The average Bonchev–Trinajstić information content (AvgIpc) is 2.68. The fourth-order valence-electron chi connectivity index (χ4n) is 2.95. The number of imide groups is 1. The molecule has 0 spiro atoms. The maximum Gasteiger partial charge on any atom is 0.257 e. The van der Waals surface area contributed by atoms with Crippen LogP contribution in [-0.2, 0) is 16.1 Å². The number of hydrogen-bond donors (Lipinski definition) is 1. The molecule has 1 aromatic carbocycles. The Balaban J connectivity index is 1.88. The lowest BCUT2D eigenvalue weighted by molar-refractivity contribution is -0.138. The highest BCUT2D eigenvalue weighted by Crippen LogP contribution is 2.34. The van der Waals surface area contributed by atoms with E-state index in [4.69, 9.17) is 0 Å². The third-order valence-corrected chi connectivity index (χ3v) is 4.04. The van der Waals surface area contributed by atoms with Crippen molar-refractivity contribution in [2.24, 2.45) is 0 Å². The van der Waals surface area contributed by atoms with E-state index in [9.17, 15) is 14.7 Å². The fraction of sp³-hybridized carbons (Fsp3) is 0.375. The second kappa shape index (κ2) is 4.78. The second-order valence-electron chi connectivity index (χ2n) is 5.49. The molecule has 0 bridgehead atoms. The number of benzene rings is 1. The van der Waals surface area contributed by atoms with Gasteiger partial charge in [-0.2, -0.15) is 0 Å². The van der Waals surface area contributed by atoms with Crippen LogP contribution in [-0.4, -0.2) is 21.8 Å². The number of hydrogen-bond acceptors (Lipinski definition) is 3. The summed E-state index contributed by atoms with van der Waals surface area (Å²) in [6.45, 7) is 2.07. The molecule has 0 saturated carbocycles. The summed E-state index contributed by atoms with van der Waals surface area (Å²) in [6.07, 6.45) is 3.36. The van der Waals surface area contributed by atoms with Gasteiger partial charge in [-0.25, -0.2) is 0 Å². The largest absolute Gasteiger partial charge is 0.508 e. The number of carbonyl (C=O) groups excluding carboxylic acids is 2. The summed E-state index contributed by atoms with van der Waals surface area (Å²) in [5.41, 5.74) is 2.99. The van der Waals surface area contributed by atoms with Crippen LogP contribution in [0.5, 0.6) is 5.75 Å². The summed E-state index contributed by atoms with van der Waals surface area (Å²) in [5, 5.41) is 9.86. The van der Waals surface area contributed by atoms with Crippen LogP contribution in [0.15, 0.2) is 29.3 Å². The van der Waals surface area contributed by atoms with Gasteiger partial charge < -0.3 is 5.11 Å². The monoisotopic (exact) mass is 271 g/mol. The maximum absolute atomic E-state index is 12.3. The summed E-state index contributed by atoms with van der Waals surface area (Å²) in [7, 11) is 0. The minimum atomic E-state index is -0.175. The molecule has 0 saturated heterocycles. The molecule has 2 amide bonds. The molecule has 4 heteroatoms. The van der Waals surface area contributed by atoms with Crippen molar-refractivity contribution in [2.75, 3.05) is 0 Å². The minimum Gasteiger partial charge on any atom is -0.508 e. The van der Waals surface area contributed by atoms with Crippen LogP contribution >= 0.6 is 0 Å². The number of carbonyl (C=O) groups is 2. The van der Waals surface area contributed by atoms with Gasteiger partial charge in [0, 0.05) is 16.7 Å². The van der Waals surface area contributed by atoms with Crippen LogP contribution in [0.3, 0.4) is 0 Å². The van der Waals surface area contributed by atoms with Crippen molar-refractivity contribution in [1.82, 2.24) is 4.90 Å². The van der Waals surface area contributed by atoms with Gasteiger partial charge in [-0.05, 0) is 38.7 Å². The Labute approximate surface area is 117 Å². The summed E-state index contributed by atoms with van der Waals surface area (Å²) >= 11 is 0. The van der Waals surface area contributed by atoms with Crippen LogP contribution < -0.4 is 0 Å². The van der Waals surface area contributed by atoms with Crippen LogP contribution in [0, 0.1) is 6.92 Å². The predicted molar refractivity (Wildman–Crippen MR) is 73.9 cm³/mol. The Hall–Kier alpha value is -2.10. The molecule has 2 aliphatic rings. The number of amides is 2. The van der Waals surface area contributed by atoms with E-state index in [2.05, 4.69) is 0 Å². The van der Waals surface area contributed by atoms with E-state index in [1.165, 1.54) is 4.90 Å². The van der Waals surface area contributed by atoms with Crippen molar-refractivity contribution >= 4 is 11.8 Å². The smallest absolute Gasteiger partial charge is 0.257 e. The molecule has 3 rings (SSSR count).